The Balaban J connectivity index is 3.31. The molecule has 1 aromatic rings. The molecule has 0 atom stereocenters. The van der Waals surface area contributed by atoms with Crippen LogP contribution in [0.1, 0.15) is 19.4 Å². The van der Waals surface area contributed by atoms with Crippen LogP contribution in [0.5, 0.6) is 0 Å². The Hall–Kier alpha value is -0.555. The minimum absolute atomic E-state index is 0.0436. The molecule has 2 radical (unpaired) electrons. The van der Waals surface area contributed by atoms with Crippen molar-refractivity contribution in [1.82, 2.24) is 0 Å². The van der Waals surface area contributed by atoms with E-state index in [1.807, 2.05) is 38.1 Å². The summed E-state index contributed by atoms with van der Waals surface area (Å²) in [5.74, 6) is 0. The van der Waals surface area contributed by atoms with Crippen molar-refractivity contribution in [3.8, 4) is 6.07 Å². The molecule has 0 unspecified atom stereocenters. The van der Waals surface area contributed by atoms with Crippen LogP contribution in [0.4, 0.5) is 5.69 Å². The molecular weight excluding hydrogens is 214 g/mol. The molecule has 15 heavy (non-hydrogen) atoms. The van der Waals surface area contributed by atoms with Crippen LogP contribution in [-0.2, 0) is 5.41 Å². The first kappa shape index (κ1) is 12.5. The van der Waals surface area contributed by atoms with E-state index in [4.69, 9.17) is 5.26 Å². The van der Waals surface area contributed by atoms with Crippen molar-refractivity contribution >= 4 is 42.6 Å². The van der Waals surface area contributed by atoms with E-state index in [2.05, 4.69) is 30.8 Å². The number of hydrogen-bond acceptors (Lipinski definition) is 2. The van der Waals surface area contributed by atoms with Gasteiger partial charge >= 0.3 is 106 Å². The summed E-state index contributed by atoms with van der Waals surface area (Å²) in [4.78, 5) is 0. The van der Waals surface area contributed by atoms with Crippen LogP contribution in [0.2, 0.25) is 0 Å². The van der Waals surface area contributed by atoms with Crippen LogP contribution >= 0.6 is 0 Å². The average molecular weight is 226 g/mol. The van der Waals surface area contributed by atoms with E-state index >= 15 is 0 Å². The van der Waals surface area contributed by atoms with Crippen molar-refractivity contribution < 1.29 is 0 Å². The number of rotatable bonds is 3. The summed E-state index contributed by atoms with van der Waals surface area (Å²) in [5.41, 5.74) is 1.68. The van der Waals surface area contributed by atoms with Gasteiger partial charge in [-0.1, -0.05) is 0 Å². The molecule has 0 saturated heterocycles. The van der Waals surface area contributed by atoms with E-state index < -0.39 is 5.41 Å². The van der Waals surface area contributed by atoms with Crippen molar-refractivity contribution in [2.75, 3.05) is 2.87 Å². The van der Waals surface area contributed by atoms with E-state index in [9.17, 15) is 0 Å². The third kappa shape index (κ3) is 2.72. The van der Waals surface area contributed by atoms with E-state index in [0.29, 0.717) is 0 Å². The van der Waals surface area contributed by atoms with Gasteiger partial charge < -0.3 is 0 Å². The Kier molecular flexibility index (Phi) is 4.16. The summed E-state index contributed by atoms with van der Waals surface area (Å²) in [6, 6.07) is 10.3. The Morgan fingerprint density at radius 1 is 1.47 bits per heavy atom. The van der Waals surface area contributed by atoms with Gasteiger partial charge in [0, 0.05) is 0 Å². The summed E-state index contributed by atoms with van der Waals surface area (Å²) >= 11 is 2.62. The second kappa shape index (κ2) is 4.98. The van der Waals surface area contributed by atoms with E-state index in [0.717, 1.165) is 11.3 Å². The molecule has 0 aliphatic carbocycles. The van der Waals surface area contributed by atoms with Crippen LogP contribution in [0.3, 0.4) is 0 Å². The summed E-state index contributed by atoms with van der Waals surface area (Å²) in [6.07, 6.45) is 0. The molecule has 2 nitrogen and oxygen atoms in total. The van der Waals surface area contributed by atoms with Crippen molar-refractivity contribution in [2.24, 2.45) is 0 Å². The third-order valence-corrected chi connectivity index (χ3v) is 3.91. The topological polar surface area (TPSA) is 27.0 Å². The van der Waals surface area contributed by atoms with Gasteiger partial charge in [-0.05, 0) is 0 Å². The number of nitriles is 1. The third-order valence-electron chi connectivity index (χ3n) is 2.33. The number of benzene rings is 1. The summed E-state index contributed by atoms with van der Waals surface area (Å²) in [6.45, 7) is 3.87. The second-order valence-electron chi connectivity index (χ2n) is 3.84. The van der Waals surface area contributed by atoms with Crippen LogP contribution in [0.25, 0.3) is 0 Å². The van der Waals surface area contributed by atoms with Crippen molar-refractivity contribution in [3.05, 3.63) is 29.8 Å². The second-order valence-corrected chi connectivity index (χ2v) is 5.92. The standard InChI is InChI=1S/C10H10N2.CH2.2Al/c1-10(2,7-11)8-5-3-4-6-9(8)12;;;/h3-6H,1-2H3;1H2;;. The molecule has 0 bridgehead atoms. The number of para-hydroxylation sites is 1. The van der Waals surface area contributed by atoms with Gasteiger partial charge in [0.25, 0.3) is 0 Å². The van der Waals surface area contributed by atoms with Crippen LogP contribution < -0.4 is 2.87 Å². The predicted octanol–water partition coefficient (Wildman–Crippen LogP) is 1.43. The Bertz CT molecular complexity index is 407. The van der Waals surface area contributed by atoms with E-state index in [1.54, 1.807) is 0 Å². The van der Waals surface area contributed by atoms with Gasteiger partial charge in [-0.3, -0.25) is 0 Å². The summed E-state index contributed by atoms with van der Waals surface area (Å²) in [7, 11) is 0. The first-order chi connectivity index (χ1) is 7.03. The van der Waals surface area contributed by atoms with Crippen molar-refractivity contribution in [2.45, 2.75) is 19.3 Å². The number of nitrogens with zero attached hydrogens (tertiary/aromatic N) is 2. The molecule has 0 heterocycles. The van der Waals surface area contributed by atoms with Gasteiger partial charge in [-0.15, -0.1) is 0 Å². The zero-order chi connectivity index (χ0) is 11.5. The zero-order valence-corrected chi connectivity index (χ0v) is 11.4. The van der Waals surface area contributed by atoms with Crippen LogP contribution in [-0.4, -0.2) is 36.9 Å². The summed E-state index contributed by atoms with van der Waals surface area (Å²) in [5, 5.41) is 13.1. The fraction of sp³-hybridized carbons (Fsp3) is 0.273. The molecule has 0 N–H and O–H groups in total. The fourth-order valence-electron chi connectivity index (χ4n) is 1.39. The van der Waals surface area contributed by atoms with Gasteiger partial charge in [0.05, 0.1) is 0 Å². The molecule has 4 heteroatoms. The Labute approximate surface area is 106 Å². The first-order valence-corrected chi connectivity index (χ1v) is 6.55. The molecule has 72 valence electrons. The number of hydrogen-bond donors (Lipinski definition) is 0. The molecule has 0 aliphatic heterocycles. The zero-order valence-electron chi connectivity index (χ0n) is 9.07. The van der Waals surface area contributed by atoms with Gasteiger partial charge in [0.15, 0.2) is 0 Å². The van der Waals surface area contributed by atoms with Crippen molar-refractivity contribution in [1.29, 1.82) is 5.26 Å². The molecule has 0 saturated carbocycles. The maximum atomic E-state index is 9.14. The molecule has 0 aliphatic rings. The predicted molar refractivity (Wildman–Crippen MR) is 66.2 cm³/mol. The maximum absolute atomic E-state index is 9.14. The quantitative estimate of drug-likeness (QED) is 0.729. The number of anilines is 1. The molecule has 0 spiro atoms. The minimum atomic E-state index is -0.458. The molecule has 0 fully saturated rings. The van der Waals surface area contributed by atoms with Gasteiger partial charge in [-0.25, -0.2) is 0 Å². The Morgan fingerprint density at radius 3 is 2.60 bits per heavy atom. The summed E-state index contributed by atoms with van der Waals surface area (Å²) < 4.78 is 2.05. The average Bonchev–Trinajstić information content (AvgIpc) is 2.28. The molecule has 1 rings (SSSR count). The molecule has 0 aromatic heterocycles. The molecule has 0 amide bonds. The molecular formula is C11H12Al2N2. The fourth-order valence-corrected chi connectivity index (χ4v) is 2.03. The SMILES string of the molecule is [CH2]=[Al][N]([Al])c1ccccc1C(C)(C)C#N. The normalized spacial score (nSPS) is 10.2. The van der Waals surface area contributed by atoms with Gasteiger partial charge in [-0.2, -0.15) is 0 Å². The first-order valence-electron chi connectivity index (χ1n) is 4.70. The van der Waals surface area contributed by atoms with Crippen LogP contribution in [0, 0.1) is 11.3 Å². The Morgan fingerprint density at radius 2 is 2.07 bits per heavy atom. The van der Waals surface area contributed by atoms with Gasteiger partial charge in [0.1, 0.15) is 0 Å². The van der Waals surface area contributed by atoms with Crippen LogP contribution in [0.15, 0.2) is 24.3 Å². The van der Waals surface area contributed by atoms with E-state index in [1.165, 1.54) is 0 Å². The van der Waals surface area contributed by atoms with E-state index in [-0.39, 0.29) is 15.0 Å². The van der Waals surface area contributed by atoms with Gasteiger partial charge in [0.2, 0.25) is 0 Å². The van der Waals surface area contributed by atoms with Crippen molar-refractivity contribution in [3.63, 3.8) is 0 Å². The molecule has 1 aromatic carbocycles. The monoisotopic (exact) mass is 226 g/mol.